The van der Waals surface area contributed by atoms with Gasteiger partial charge >= 0.3 is 0 Å². The number of benzene rings is 2. The first kappa shape index (κ1) is 20.5. The fourth-order valence-electron chi connectivity index (χ4n) is 2.49. The van der Waals surface area contributed by atoms with E-state index in [9.17, 15) is 4.79 Å². The molecule has 1 heterocycles. The number of rotatable bonds is 8. The van der Waals surface area contributed by atoms with E-state index < -0.39 is 0 Å². The van der Waals surface area contributed by atoms with Crippen molar-refractivity contribution in [3.8, 4) is 17.2 Å². The lowest BCUT2D eigenvalue weighted by molar-refractivity contribution is -0.115. The summed E-state index contributed by atoms with van der Waals surface area (Å²) in [5, 5.41) is 3.15. The number of carbonyl (C=O) groups is 1. The first-order chi connectivity index (χ1) is 13.6. The summed E-state index contributed by atoms with van der Waals surface area (Å²) >= 11 is 12.3. The summed E-state index contributed by atoms with van der Waals surface area (Å²) in [6.07, 6.45) is 2.40. The molecule has 2 aromatic carbocycles. The Balaban J connectivity index is 1.58. The lowest BCUT2D eigenvalue weighted by atomic mass is 10.2. The molecule has 5 nitrogen and oxygen atoms in total. The van der Waals surface area contributed by atoms with Gasteiger partial charge in [0.25, 0.3) is 5.91 Å². The molecule has 1 amide bonds. The molecule has 0 bridgehead atoms. The van der Waals surface area contributed by atoms with E-state index >= 15 is 0 Å². The Morgan fingerprint density at radius 2 is 1.82 bits per heavy atom. The monoisotopic (exact) mass is 435 g/mol. The van der Waals surface area contributed by atoms with Crippen LogP contribution in [0.5, 0.6) is 17.2 Å². The molecule has 1 N–H and O–H groups in total. The number of carbonyl (C=O) groups excluding carboxylic acids is 1. The van der Waals surface area contributed by atoms with Crippen LogP contribution < -0.4 is 19.5 Å². The molecule has 1 saturated heterocycles. The van der Waals surface area contributed by atoms with Gasteiger partial charge in [-0.3, -0.25) is 4.79 Å². The summed E-state index contributed by atoms with van der Waals surface area (Å²) in [5.41, 5.74) is 0.723. The first-order valence-electron chi connectivity index (χ1n) is 8.50. The molecule has 1 aliphatic heterocycles. The Kier molecular flexibility index (Phi) is 7.19. The maximum atomic E-state index is 11.9. The van der Waals surface area contributed by atoms with Crippen LogP contribution in [0.25, 0.3) is 6.08 Å². The van der Waals surface area contributed by atoms with E-state index in [1.807, 2.05) is 24.3 Å². The fourth-order valence-corrected chi connectivity index (χ4v) is 3.70. The SMILES string of the molecule is COc1ccccc1OCCCOc1ccc(Cl)cc1/C=C1/SC(=S)NC1=O. The Bertz CT molecular complexity index is 917. The maximum Gasteiger partial charge on any atom is 0.263 e. The van der Waals surface area contributed by atoms with Crippen LogP contribution in [0.15, 0.2) is 47.4 Å². The zero-order valence-corrected chi connectivity index (χ0v) is 17.5. The second kappa shape index (κ2) is 9.82. The number of hydrogen-bond acceptors (Lipinski definition) is 6. The van der Waals surface area contributed by atoms with E-state index in [4.69, 9.17) is 38.0 Å². The van der Waals surface area contributed by atoms with Crippen LogP contribution >= 0.6 is 35.6 Å². The van der Waals surface area contributed by atoms with Gasteiger partial charge in [-0.2, -0.15) is 0 Å². The van der Waals surface area contributed by atoms with Crippen LogP contribution in [0.3, 0.4) is 0 Å². The molecule has 0 radical (unpaired) electrons. The quantitative estimate of drug-likeness (QED) is 0.369. The Hall–Kier alpha value is -2.22. The van der Waals surface area contributed by atoms with Gasteiger partial charge in [-0.05, 0) is 36.4 Å². The summed E-state index contributed by atoms with van der Waals surface area (Å²) in [6.45, 7) is 0.932. The zero-order valence-electron chi connectivity index (χ0n) is 15.1. The fraction of sp³-hybridized carbons (Fsp3) is 0.200. The largest absolute Gasteiger partial charge is 0.493 e. The van der Waals surface area contributed by atoms with Crippen molar-refractivity contribution in [2.24, 2.45) is 0 Å². The first-order valence-corrected chi connectivity index (χ1v) is 10.1. The third kappa shape index (κ3) is 5.41. The molecule has 3 rings (SSSR count). The van der Waals surface area contributed by atoms with Crippen molar-refractivity contribution in [3.05, 3.63) is 58.0 Å². The number of thioether (sulfide) groups is 1. The number of nitrogens with one attached hydrogen (secondary N) is 1. The number of amides is 1. The van der Waals surface area contributed by atoms with Crippen molar-refractivity contribution in [2.45, 2.75) is 6.42 Å². The van der Waals surface area contributed by atoms with Crippen LogP contribution in [-0.4, -0.2) is 30.6 Å². The number of ether oxygens (including phenoxy) is 3. The lowest BCUT2D eigenvalue weighted by Crippen LogP contribution is -2.17. The van der Waals surface area contributed by atoms with E-state index in [-0.39, 0.29) is 5.91 Å². The molecular formula is C20H18ClNO4S2. The highest BCUT2D eigenvalue weighted by atomic mass is 35.5. The lowest BCUT2D eigenvalue weighted by Gasteiger charge is -2.12. The van der Waals surface area contributed by atoms with Gasteiger partial charge in [-0.25, -0.2) is 0 Å². The Morgan fingerprint density at radius 3 is 2.50 bits per heavy atom. The smallest absolute Gasteiger partial charge is 0.263 e. The highest BCUT2D eigenvalue weighted by Gasteiger charge is 2.22. The highest BCUT2D eigenvalue weighted by Crippen LogP contribution is 2.31. The minimum atomic E-state index is -0.217. The molecule has 0 aliphatic carbocycles. The van der Waals surface area contributed by atoms with Gasteiger partial charge in [-0.15, -0.1) is 0 Å². The van der Waals surface area contributed by atoms with E-state index in [2.05, 4.69) is 5.32 Å². The van der Waals surface area contributed by atoms with Gasteiger partial charge in [0.15, 0.2) is 11.5 Å². The second-order valence-electron chi connectivity index (χ2n) is 5.74. The average Bonchev–Trinajstić information content (AvgIpc) is 3.00. The Morgan fingerprint density at radius 1 is 1.11 bits per heavy atom. The molecule has 1 fully saturated rings. The van der Waals surface area contributed by atoms with Crippen molar-refractivity contribution >= 4 is 51.9 Å². The molecule has 28 heavy (non-hydrogen) atoms. The maximum absolute atomic E-state index is 11.9. The van der Waals surface area contributed by atoms with Crippen LogP contribution in [-0.2, 0) is 4.79 Å². The Labute approximate surface area is 178 Å². The third-order valence-corrected chi connectivity index (χ3v) is 5.17. The topological polar surface area (TPSA) is 56.8 Å². The van der Waals surface area contributed by atoms with Gasteiger partial charge < -0.3 is 19.5 Å². The number of thiocarbonyl (C=S) groups is 1. The minimum absolute atomic E-state index is 0.217. The van der Waals surface area contributed by atoms with Crippen molar-refractivity contribution in [3.63, 3.8) is 0 Å². The molecule has 1 aliphatic rings. The van der Waals surface area contributed by atoms with Gasteiger partial charge in [0.05, 0.1) is 25.2 Å². The zero-order chi connectivity index (χ0) is 19.9. The number of para-hydroxylation sites is 2. The van der Waals surface area contributed by atoms with Crippen molar-refractivity contribution in [1.29, 1.82) is 0 Å². The van der Waals surface area contributed by atoms with Crippen LogP contribution in [0.4, 0.5) is 0 Å². The highest BCUT2D eigenvalue weighted by molar-refractivity contribution is 8.26. The van der Waals surface area contributed by atoms with Crippen LogP contribution in [0.1, 0.15) is 12.0 Å². The molecule has 8 heteroatoms. The minimum Gasteiger partial charge on any atom is -0.493 e. The predicted octanol–water partition coefficient (Wildman–Crippen LogP) is 4.69. The van der Waals surface area contributed by atoms with E-state index in [1.165, 1.54) is 11.8 Å². The number of hydrogen-bond donors (Lipinski definition) is 1. The third-order valence-electron chi connectivity index (χ3n) is 3.77. The number of methoxy groups -OCH3 is 1. The van der Waals surface area contributed by atoms with Gasteiger partial charge in [0.1, 0.15) is 10.1 Å². The number of halogens is 1. The van der Waals surface area contributed by atoms with Crippen LogP contribution in [0, 0.1) is 0 Å². The van der Waals surface area contributed by atoms with Crippen molar-refractivity contribution < 1.29 is 19.0 Å². The molecular weight excluding hydrogens is 418 g/mol. The van der Waals surface area contributed by atoms with Gasteiger partial charge in [0, 0.05) is 17.0 Å². The van der Waals surface area contributed by atoms with E-state index in [1.54, 1.807) is 31.4 Å². The van der Waals surface area contributed by atoms with Gasteiger partial charge in [0.2, 0.25) is 0 Å². The molecule has 146 valence electrons. The molecule has 0 atom stereocenters. The average molecular weight is 436 g/mol. The normalized spacial score (nSPS) is 14.9. The summed E-state index contributed by atoms with van der Waals surface area (Å²) < 4.78 is 17.3. The summed E-state index contributed by atoms with van der Waals surface area (Å²) in [6, 6.07) is 12.8. The van der Waals surface area contributed by atoms with Crippen molar-refractivity contribution in [1.82, 2.24) is 5.32 Å². The van der Waals surface area contributed by atoms with Gasteiger partial charge in [-0.1, -0.05) is 47.7 Å². The predicted molar refractivity (Wildman–Crippen MR) is 116 cm³/mol. The van der Waals surface area contributed by atoms with E-state index in [0.717, 1.165) is 5.56 Å². The summed E-state index contributed by atoms with van der Waals surface area (Å²) in [5.74, 6) is 1.81. The molecule has 0 spiro atoms. The molecule has 0 saturated carbocycles. The second-order valence-corrected chi connectivity index (χ2v) is 7.89. The molecule has 2 aromatic rings. The molecule has 0 unspecified atom stereocenters. The van der Waals surface area contributed by atoms with E-state index in [0.29, 0.717) is 51.1 Å². The molecule has 0 aromatic heterocycles. The van der Waals surface area contributed by atoms with Crippen LogP contribution in [0.2, 0.25) is 5.02 Å². The standard InChI is InChI=1S/C20H18ClNO4S2/c1-24-16-5-2-3-6-17(16)26-10-4-9-25-15-8-7-14(21)11-13(15)12-18-19(23)22-20(27)28-18/h2-3,5-8,11-12H,4,9-10H2,1H3,(H,22,23,27)/b18-12+. The summed E-state index contributed by atoms with van der Waals surface area (Å²) in [4.78, 5) is 12.4. The summed E-state index contributed by atoms with van der Waals surface area (Å²) in [7, 11) is 1.61. The van der Waals surface area contributed by atoms with Crippen molar-refractivity contribution in [2.75, 3.05) is 20.3 Å².